The predicted molar refractivity (Wildman–Crippen MR) is 128 cm³/mol. The largest absolute Gasteiger partial charge is 0.468 e. The number of carbonyl (C=O) groups is 1. The lowest BCUT2D eigenvalue weighted by Crippen LogP contribution is -2.44. The fourth-order valence-electron chi connectivity index (χ4n) is 2.87. The quantitative estimate of drug-likeness (QED) is 0.144. The number of benzene rings is 1. The molecule has 0 bridgehead atoms. The maximum atomic E-state index is 12.6. The molecule has 6 heteroatoms. The Bertz CT molecular complexity index is 630. The van der Waals surface area contributed by atoms with Gasteiger partial charge in [-0.15, -0.1) is 0 Å². The van der Waals surface area contributed by atoms with Gasteiger partial charge in [0.1, 0.15) is 0 Å². The van der Waals surface area contributed by atoms with E-state index in [4.69, 9.17) is 9.16 Å². The molecule has 0 fully saturated rings. The Morgan fingerprint density at radius 2 is 1.89 bits per heavy atom. The summed E-state index contributed by atoms with van der Waals surface area (Å²) in [6.07, 6.45) is 2.74. The molecule has 1 rings (SSSR count). The zero-order valence-corrected chi connectivity index (χ0v) is 22.4. The molecule has 0 spiro atoms. The van der Waals surface area contributed by atoms with Gasteiger partial charge in [0.25, 0.3) is 0 Å². The summed E-state index contributed by atoms with van der Waals surface area (Å²) in [6.45, 7) is 13.3. The zero-order chi connectivity index (χ0) is 20.9. The third-order valence-corrected chi connectivity index (χ3v) is 11.7. The Hall–Kier alpha value is 0.0769. The number of halogens is 2. The topological polar surface area (TPSA) is 35.5 Å². The van der Waals surface area contributed by atoms with Crippen LogP contribution in [0.25, 0.3) is 0 Å². The highest BCUT2D eigenvalue weighted by Crippen LogP contribution is 2.38. The second-order valence-corrected chi connectivity index (χ2v) is 15.5. The minimum Gasteiger partial charge on any atom is -0.468 e. The lowest BCUT2D eigenvalue weighted by atomic mass is 9.78. The van der Waals surface area contributed by atoms with Gasteiger partial charge in [-0.2, -0.15) is 0 Å². The van der Waals surface area contributed by atoms with Crippen molar-refractivity contribution in [1.82, 2.24) is 0 Å². The number of hydrogen-bond donors (Lipinski definition) is 0. The molecule has 0 aliphatic rings. The van der Waals surface area contributed by atoms with Gasteiger partial charge in [-0.1, -0.05) is 48.8 Å². The van der Waals surface area contributed by atoms with Crippen molar-refractivity contribution in [2.45, 2.75) is 76.6 Å². The van der Waals surface area contributed by atoms with Crippen LogP contribution in [0.2, 0.25) is 18.1 Å². The summed E-state index contributed by atoms with van der Waals surface area (Å²) in [5.74, 6) is -0.176. The van der Waals surface area contributed by atoms with Crippen molar-refractivity contribution in [3.8, 4) is 0 Å². The minimum absolute atomic E-state index is 0.170. The zero-order valence-electron chi connectivity index (χ0n) is 17.7. The molecular formula is C21H34BrIO3Si. The highest BCUT2D eigenvalue weighted by Gasteiger charge is 2.40. The Balaban J connectivity index is 2.86. The van der Waals surface area contributed by atoms with E-state index in [1.807, 2.05) is 25.1 Å². The van der Waals surface area contributed by atoms with Crippen LogP contribution in [0.3, 0.4) is 0 Å². The number of esters is 1. The van der Waals surface area contributed by atoms with Crippen LogP contribution in [-0.4, -0.2) is 32.8 Å². The number of alkyl halides is 1. The van der Waals surface area contributed by atoms with Crippen LogP contribution in [0.1, 0.15) is 52.5 Å². The van der Waals surface area contributed by atoms with E-state index in [-0.39, 0.29) is 17.1 Å². The van der Waals surface area contributed by atoms with E-state index in [1.165, 1.54) is 7.11 Å². The average Bonchev–Trinajstić information content (AvgIpc) is 2.58. The van der Waals surface area contributed by atoms with Crippen molar-refractivity contribution in [1.29, 1.82) is 0 Å². The van der Waals surface area contributed by atoms with Crippen LogP contribution in [0, 0.1) is 3.57 Å². The lowest BCUT2D eigenvalue weighted by molar-refractivity contribution is -0.147. The molecule has 0 heterocycles. The molecule has 0 aliphatic carbocycles. The molecule has 3 nitrogen and oxygen atoms in total. The number of ether oxygens (including phenoxy) is 1. The Kier molecular flexibility index (Phi) is 9.50. The molecule has 154 valence electrons. The average molecular weight is 569 g/mol. The minimum atomic E-state index is -1.81. The molecule has 0 radical (unpaired) electrons. The predicted octanol–water partition coefficient (Wildman–Crippen LogP) is 6.68. The maximum Gasteiger partial charge on any atom is 0.315 e. The monoisotopic (exact) mass is 568 g/mol. The summed E-state index contributed by atoms with van der Waals surface area (Å²) in [4.78, 5) is 12.6. The summed E-state index contributed by atoms with van der Waals surface area (Å²) in [7, 11) is -0.339. The highest BCUT2D eigenvalue weighted by molar-refractivity contribution is 14.1. The molecule has 0 saturated heterocycles. The third kappa shape index (κ3) is 6.82. The van der Waals surface area contributed by atoms with Crippen molar-refractivity contribution in [2.24, 2.45) is 0 Å². The third-order valence-electron chi connectivity index (χ3n) is 5.74. The normalized spacial score (nSPS) is 15.9. The molecule has 0 amide bonds. The first-order chi connectivity index (χ1) is 12.4. The standard InChI is InChI=1S/C21H34BrIO3Si/c1-20(2,3)27(6,7)26-18(15-22)12-9-13-21(4,19(24)25-5)16-10-8-11-17(23)14-16/h8,10-11,14,18H,9,12-13,15H2,1-7H3. The van der Waals surface area contributed by atoms with Crippen LogP contribution in [0.4, 0.5) is 0 Å². The van der Waals surface area contributed by atoms with Crippen LogP contribution in [0.15, 0.2) is 24.3 Å². The van der Waals surface area contributed by atoms with Crippen LogP contribution in [-0.2, 0) is 19.4 Å². The molecule has 27 heavy (non-hydrogen) atoms. The second kappa shape index (κ2) is 10.2. The first-order valence-electron chi connectivity index (χ1n) is 9.45. The van der Waals surface area contributed by atoms with Gasteiger partial charge in [-0.05, 0) is 84.6 Å². The van der Waals surface area contributed by atoms with E-state index in [0.717, 1.165) is 33.7 Å². The Labute approximate surface area is 188 Å². The molecular weight excluding hydrogens is 535 g/mol. The number of carbonyl (C=O) groups excluding carboxylic acids is 1. The first kappa shape index (κ1) is 25.1. The van der Waals surface area contributed by atoms with Gasteiger partial charge >= 0.3 is 5.97 Å². The van der Waals surface area contributed by atoms with Crippen molar-refractivity contribution in [3.63, 3.8) is 0 Å². The first-order valence-corrected chi connectivity index (χ1v) is 14.6. The van der Waals surface area contributed by atoms with Gasteiger partial charge in [0, 0.05) is 8.90 Å². The lowest BCUT2D eigenvalue weighted by Gasteiger charge is -2.39. The molecule has 2 unspecified atom stereocenters. The number of methoxy groups -OCH3 is 1. The molecule has 0 aromatic heterocycles. The molecule has 0 aliphatic heterocycles. The van der Waals surface area contributed by atoms with Gasteiger partial charge in [0.15, 0.2) is 8.32 Å². The maximum absolute atomic E-state index is 12.6. The molecule has 0 saturated carbocycles. The molecule has 1 aromatic rings. The van der Waals surface area contributed by atoms with E-state index in [2.05, 4.69) is 78.5 Å². The van der Waals surface area contributed by atoms with Gasteiger partial charge in [-0.3, -0.25) is 4.79 Å². The smallest absolute Gasteiger partial charge is 0.315 e. The SMILES string of the molecule is COC(=O)C(C)(CCCC(CBr)O[Si](C)(C)C(C)(C)C)c1cccc(I)c1. The summed E-state index contributed by atoms with van der Waals surface area (Å²) in [5.41, 5.74) is 0.381. The van der Waals surface area contributed by atoms with Crippen LogP contribution >= 0.6 is 38.5 Å². The summed E-state index contributed by atoms with van der Waals surface area (Å²) >= 11 is 5.90. The van der Waals surface area contributed by atoms with Crippen molar-refractivity contribution >= 4 is 52.8 Å². The molecule has 0 N–H and O–H groups in total. The molecule has 1 aromatic carbocycles. The van der Waals surface area contributed by atoms with E-state index in [9.17, 15) is 4.79 Å². The van der Waals surface area contributed by atoms with Crippen LogP contribution < -0.4 is 0 Å². The van der Waals surface area contributed by atoms with E-state index in [1.54, 1.807) is 0 Å². The van der Waals surface area contributed by atoms with E-state index < -0.39 is 13.7 Å². The van der Waals surface area contributed by atoms with Gasteiger partial charge in [-0.25, -0.2) is 0 Å². The van der Waals surface area contributed by atoms with Crippen molar-refractivity contribution in [3.05, 3.63) is 33.4 Å². The van der Waals surface area contributed by atoms with Gasteiger partial charge < -0.3 is 9.16 Å². The van der Waals surface area contributed by atoms with E-state index >= 15 is 0 Å². The second-order valence-electron chi connectivity index (χ2n) is 8.88. The summed E-state index contributed by atoms with van der Waals surface area (Å²) < 4.78 is 12.8. The van der Waals surface area contributed by atoms with E-state index in [0.29, 0.717) is 0 Å². The molecule has 2 atom stereocenters. The van der Waals surface area contributed by atoms with Crippen molar-refractivity contribution in [2.75, 3.05) is 12.4 Å². The Morgan fingerprint density at radius 3 is 2.37 bits per heavy atom. The Morgan fingerprint density at radius 1 is 1.26 bits per heavy atom. The van der Waals surface area contributed by atoms with Crippen LogP contribution in [0.5, 0.6) is 0 Å². The van der Waals surface area contributed by atoms with Gasteiger partial charge in [0.2, 0.25) is 0 Å². The number of hydrogen-bond acceptors (Lipinski definition) is 3. The fraction of sp³-hybridized carbons (Fsp3) is 0.667. The summed E-state index contributed by atoms with van der Waals surface area (Å²) in [5, 5.41) is 1.01. The number of rotatable bonds is 9. The summed E-state index contributed by atoms with van der Waals surface area (Å²) in [6, 6.07) is 8.13. The fourth-order valence-corrected chi connectivity index (χ4v) is 5.50. The van der Waals surface area contributed by atoms with Gasteiger partial charge in [0.05, 0.1) is 18.6 Å². The highest BCUT2D eigenvalue weighted by atomic mass is 127. The van der Waals surface area contributed by atoms with Crippen molar-refractivity contribution < 1.29 is 14.0 Å².